The number of hydrogen-bond acceptors (Lipinski definition) is 3. The van der Waals surface area contributed by atoms with Crippen molar-refractivity contribution in [1.82, 2.24) is 0 Å². The number of carbonyl (C=O) groups is 1. The first kappa shape index (κ1) is 16.4. The smallest absolute Gasteiger partial charge is 0.363 e. The van der Waals surface area contributed by atoms with Gasteiger partial charge in [0.15, 0.2) is 5.70 Å². The highest BCUT2D eigenvalue weighted by atomic mass is 127. The van der Waals surface area contributed by atoms with Crippen LogP contribution in [-0.2, 0) is 9.53 Å². The Bertz CT molecular complexity index is 871. The minimum atomic E-state index is -0.421. The Balaban J connectivity index is 1.99. The van der Waals surface area contributed by atoms with Gasteiger partial charge in [-0.2, -0.15) is 0 Å². The number of aliphatic imine (C=N–C) groups is 1. The first-order valence-electron chi connectivity index (χ1n) is 6.99. The van der Waals surface area contributed by atoms with Crippen LogP contribution in [-0.4, -0.2) is 11.9 Å². The third kappa shape index (κ3) is 3.55. The van der Waals surface area contributed by atoms with E-state index >= 15 is 0 Å². The molecular weight excluding hydrogens is 469 g/mol. The van der Waals surface area contributed by atoms with Gasteiger partial charge in [0, 0.05) is 13.6 Å². The van der Waals surface area contributed by atoms with Gasteiger partial charge >= 0.3 is 5.97 Å². The van der Waals surface area contributed by atoms with Gasteiger partial charge < -0.3 is 4.74 Å². The number of aryl methyl sites for hydroxylation is 2. The molecule has 0 spiro atoms. The predicted molar refractivity (Wildman–Crippen MR) is 103 cm³/mol. The van der Waals surface area contributed by atoms with Gasteiger partial charge in [-0.1, -0.05) is 23.8 Å². The summed E-state index contributed by atoms with van der Waals surface area (Å²) in [7, 11) is 0. The molecule has 0 unspecified atom stereocenters. The van der Waals surface area contributed by atoms with Gasteiger partial charge in [-0.25, -0.2) is 9.79 Å². The number of cyclic esters (lactones) is 1. The van der Waals surface area contributed by atoms with Crippen LogP contribution in [0.1, 0.15) is 22.3 Å². The van der Waals surface area contributed by atoms with Crippen molar-refractivity contribution in [3.05, 3.63) is 72.4 Å². The van der Waals surface area contributed by atoms with Crippen molar-refractivity contribution in [3.63, 3.8) is 0 Å². The summed E-state index contributed by atoms with van der Waals surface area (Å²) in [5.74, 6) is -0.0840. The van der Waals surface area contributed by atoms with Gasteiger partial charge in [0.25, 0.3) is 0 Å². The summed E-state index contributed by atoms with van der Waals surface area (Å²) in [6.07, 6.45) is 1.78. The molecule has 1 heterocycles. The molecule has 23 heavy (non-hydrogen) atoms. The van der Waals surface area contributed by atoms with Crippen molar-refractivity contribution in [3.8, 4) is 0 Å². The fraction of sp³-hybridized carbons (Fsp3) is 0.111. The number of halogens is 2. The second kappa shape index (κ2) is 6.57. The van der Waals surface area contributed by atoms with E-state index in [1.165, 1.54) is 0 Å². The Hall–Kier alpha value is -1.47. The van der Waals surface area contributed by atoms with Gasteiger partial charge in [-0.3, -0.25) is 0 Å². The summed E-state index contributed by atoms with van der Waals surface area (Å²) in [6.45, 7) is 4.03. The molecule has 0 radical (unpaired) electrons. The van der Waals surface area contributed by atoms with Crippen molar-refractivity contribution in [1.29, 1.82) is 0 Å². The van der Waals surface area contributed by atoms with Crippen LogP contribution in [0, 0.1) is 17.4 Å². The predicted octanol–water partition coefficient (Wildman–Crippen LogP) is 5.02. The molecule has 1 aliphatic rings. The minimum Gasteiger partial charge on any atom is -0.402 e. The molecule has 116 valence electrons. The fourth-order valence-electron chi connectivity index (χ4n) is 2.22. The van der Waals surface area contributed by atoms with Gasteiger partial charge in [0.1, 0.15) is 0 Å². The molecule has 0 N–H and O–H groups in total. The van der Waals surface area contributed by atoms with Crippen LogP contribution in [0.3, 0.4) is 0 Å². The third-order valence-corrected chi connectivity index (χ3v) is 5.85. The fourth-order valence-corrected chi connectivity index (χ4v) is 2.94. The molecule has 0 atom stereocenters. The summed E-state index contributed by atoms with van der Waals surface area (Å²) in [6, 6.07) is 11.8. The zero-order chi connectivity index (χ0) is 16.6. The van der Waals surface area contributed by atoms with Crippen LogP contribution >= 0.6 is 38.5 Å². The Labute approximate surface area is 156 Å². The van der Waals surface area contributed by atoms with E-state index in [-0.39, 0.29) is 0 Å². The van der Waals surface area contributed by atoms with E-state index in [4.69, 9.17) is 4.74 Å². The Morgan fingerprint density at radius 2 is 1.96 bits per heavy atom. The first-order chi connectivity index (χ1) is 10.9. The van der Waals surface area contributed by atoms with Crippen molar-refractivity contribution >= 4 is 56.5 Å². The molecule has 0 saturated heterocycles. The molecule has 0 amide bonds. The number of hydrogen-bond donors (Lipinski definition) is 0. The van der Waals surface area contributed by atoms with Gasteiger partial charge in [-0.15, -0.1) is 0 Å². The lowest BCUT2D eigenvalue weighted by molar-refractivity contribution is -0.129. The van der Waals surface area contributed by atoms with Gasteiger partial charge in [-0.05, 0) is 87.8 Å². The molecule has 2 aromatic carbocycles. The number of ether oxygens (including phenoxy) is 1. The van der Waals surface area contributed by atoms with Crippen LogP contribution in [0.2, 0.25) is 0 Å². The minimum absolute atomic E-state index is 0.323. The average Bonchev–Trinajstić information content (AvgIpc) is 2.87. The molecule has 0 saturated carbocycles. The highest BCUT2D eigenvalue weighted by Crippen LogP contribution is 2.25. The molecule has 1 aliphatic heterocycles. The molecule has 3 rings (SSSR count). The van der Waals surface area contributed by atoms with Crippen molar-refractivity contribution < 1.29 is 9.53 Å². The summed E-state index contributed by atoms with van der Waals surface area (Å²) in [5, 5.41) is 0. The highest BCUT2D eigenvalue weighted by Gasteiger charge is 2.24. The number of carbonyl (C=O) groups excluding carboxylic acids is 1. The standard InChI is InChI=1S/C18H13BrINO2/c1-10-3-4-11(2)13(7-10)9-16-18(22)23-17(21-16)12-5-6-15(20)14(19)8-12/h3-9H,1-2H3/b16-9-. The topological polar surface area (TPSA) is 38.7 Å². The van der Waals surface area contributed by atoms with Crippen LogP contribution in [0.4, 0.5) is 0 Å². The zero-order valence-electron chi connectivity index (χ0n) is 12.6. The van der Waals surface area contributed by atoms with Crippen LogP contribution in [0.15, 0.2) is 51.6 Å². The van der Waals surface area contributed by atoms with E-state index in [2.05, 4.69) is 43.5 Å². The first-order valence-corrected chi connectivity index (χ1v) is 8.86. The molecule has 2 aromatic rings. The third-order valence-electron chi connectivity index (χ3n) is 3.51. The molecule has 0 aliphatic carbocycles. The zero-order valence-corrected chi connectivity index (χ0v) is 16.3. The maximum absolute atomic E-state index is 12.1. The van der Waals surface area contributed by atoms with E-state index in [9.17, 15) is 4.79 Å². The van der Waals surface area contributed by atoms with E-state index < -0.39 is 5.97 Å². The van der Waals surface area contributed by atoms with E-state index in [0.717, 1.165) is 30.3 Å². The van der Waals surface area contributed by atoms with Gasteiger partial charge in [0.2, 0.25) is 5.90 Å². The van der Waals surface area contributed by atoms with Crippen LogP contribution in [0.5, 0.6) is 0 Å². The second-order valence-electron chi connectivity index (χ2n) is 5.32. The Morgan fingerprint density at radius 1 is 1.17 bits per heavy atom. The summed E-state index contributed by atoms with van der Waals surface area (Å²) in [4.78, 5) is 16.5. The summed E-state index contributed by atoms with van der Waals surface area (Å²) in [5.41, 5.74) is 4.31. The lowest BCUT2D eigenvalue weighted by atomic mass is 10.0. The number of nitrogens with zero attached hydrogens (tertiary/aromatic N) is 1. The molecule has 0 fully saturated rings. The van der Waals surface area contributed by atoms with E-state index in [1.807, 2.05) is 50.2 Å². The molecular formula is C18H13BrINO2. The summed E-state index contributed by atoms with van der Waals surface area (Å²) >= 11 is 5.71. The monoisotopic (exact) mass is 481 g/mol. The number of rotatable bonds is 2. The maximum Gasteiger partial charge on any atom is 0.363 e. The van der Waals surface area contributed by atoms with Crippen LogP contribution in [0.25, 0.3) is 6.08 Å². The van der Waals surface area contributed by atoms with Crippen molar-refractivity contribution in [2.45, 2.75) is 13.8 Å². The lowest BCUT2D eigenvalue weighted by Crippen LogP contribution is -2.05. The highest BCUT2D eigenvalue weighted by molar-refractivity contribution is 14.1. The molecule has 0 aromatic heterocycles. The Morgan fingerprint density at radius 3 is 2.70 bits per heavy atom. The van der Waals surface area contributed by atoms with Crippen LogP contribution < -0.4 is 0 Å². The normalized spacial score (nSPS) is 15.7. The lowest BCUT2D eigenvalue weighted by Gasteiger charge is -2.01. The van der Waals surface area contributed by atoms with E-state index in [1.54, 1.807) is 6.08 Å². The van der Waals surface area contributed by atoms with E-state index in [0.29, 0.717) is 11.6 Å². The number of benzene rings is 2. The van der Waals surface area contributed by atoms with Crippen molar-refractivity contribution in [2.75, 3.05) is 0 Å². The van der Waals surface area contributed by atoms with Gasteiger partial charge in [0.05, 0.1) is 0 Å². The largest absolute Gasteiger partial charge is 0.402 e. The maximum atomic E-state index is 12.1. The summed E-state index contributed by atoms with van der Waals surface area (Å²) < 4.78 is 7.35. The molecule has 3 nitrogen and oxygen atoms in total. The number of esters is 1. The average molecular weight is 482 g/mol. The molecule has 0 bridgehead atoms. The Kier molecular flexibility index (Phi) is 4.68. The SMILES string of the molecule is Cc1ccc(C)c(/C=C2\N=C(c3ccc(I)c(Br)c3)OC2=O)c1. The second-order valence-corrected chi connectivity index (χ2v) is 7.34. The molecule has 5 heteroatoms. The quantitative estimate of drug-likeness (QED) is 0.343. The van der Waals surface area contributed by atoms with Crippen molar-refractivity contribution in [2.24, 2.45) is 4.99 Å².